The van der Waals surface area contributed by atoms with Gasteiger partial charge in [0.05, 0.1) is 25.0 Å². The standard InChI is InChI=1S/C21H23N5O6/c22-18(23)13-1-3-14(4-2-13)19(29)24-6-7-25-8-9-26(21(31)20(25)30)16(11-17(27)28)15-5-10-32-12-15/h1-5,10,12,16H,6-9,11H2,(H3,22,23)(H,24,29)(H,27,28). The van der Waals surface area contributed by atoms with Crippen molar-refractivity contribution in [1.29, 1.82) is 5.41 Å². The summed E-state index contributed by atoms with van der Waals surface area (Å²) in [5, 5.41) is 19.2. The third-order valence-electron chi connectivity index (χ3n) is 5.14. The van der Waals surface area contributed by atoms with E-state index >= 15 is 0 Å². The molecule has 0 spiro atoms. The number of carboxylic acid groups (broad SMARTS) is 1. The van der Waals surface area contributed by atoms with Crippen molar-refractivity contribution in [3.05, 3.63) is 59.5 Å². The fourth-order valence-corrected chi connectivity index (χ4v) is 3.45. The van der Waals surface area contributed by atoms with Gasteiger partial charge in [-0.1, -0.05) is 12.1 Å². The van der Waals surface area contributed by atoms with E-state index in [1.807, 2.05) is 0 Å². The van der Waals surface area contributed by atoms with Crippen molar-refractivity contribution in [2.45, 2.75) is 12.5 Å². The molecule has 1 fully saturated rings. The minimum Gasteiger partial charge on any atom is -0.481 e. The van der Waals surface area contributed by atoms with Crippen molar-refractivity contribution in [3.8, 4) is 0 Å². The van der Waals surface area contributed by atoms with E-state index in [-0.39, 0.29) is 44.3 Å². The molecule has 32 heavy (non-hydrogen) atoms. The second-order valence-electron chi connectivity index (χ2n) is 7.21. The Morgan fingerprint density at radius 2 is 1.81 bits per heavy atom. The SMILES string of the molecule is N=C(N)c1ccc(C(=O)NCCN2CCN(C(CC(=O)O)c3ccoc3)C(=O)C2=O)cc1. The summed E-state index contributed by atoms with van der Waals surface area (Å²) in [5.74, 6) is -3.11. The van der Waals surface area contributed by atoms with E-state index in [1.165, 1.54) is 34.5 Å². The third kappa shape index (κ3) is 5.12. The molecule has 11 nitrogen and oxygen atoms in total. The van der Waals surface area contributed by atoms with Gasteiger partial charge in [0.15, 0.2) is 0 Å². The smallest absolute Gasteiger partial charge is 0.312 e. The fraction of sp³-hybridized carbons (Fsp3) is 0.286. The number of nitrogens with zero attached hydrogens (tertiary/aromatic N) is 2. The average molecular weight is 441 g/mol. The Morgan fingerprint density at radius 3 is 2.41 bits per heavy atom. The minimum atomic E-state index is -1.10. The van der Waals surface area contributed by atoms with E-state index in [0.29, 0.717) is 16.7 Å². The predicted octanol–water partition coefficient (Wildman–Crippen LogP) is 0.180. The third-order valence-corrected chi connectivity index (χ3v) is 5.14. The van der Waals surface area contributed by atoms with Gasteiger partial charge in [0.1, 0.15) is 5.84 Å². The number of benzene rings is 1. The zero-order valence-corrected chi connectivity index (χ0v) is 17.1. The number of hydrogen-bond donors (Lipinski definition) is 4. The van der Waals surface area contributed by atoms with Crippen molar-refractivity contribution in [2.75, 3.05) is 26.2 Å². The molecule has 168 valence electrons. The molecule has 0 radical (unpaired) electrons. The zero-order chi connectivity index (χ0) is 23.3. The van der Waals surface area contributed by atoms with Crippen LogP contribution < -0.4 is 11.1 Å². The van der Waals surface area contributed by atoms with Crippen molar-refractivity contribution < 1.29 is 28.7 Å². The van der Waals surface area contributed by atoms with Gasteiger partial charge in [0.2, 0.25) is 0 Å². The van der Waals surface area contributed by atoms with Gasteiger partial charge >= 0.3 is 17.8 Å². The molecule has 0 bridgehead atoms. The predicted molar refractivity (Wildman–Crippen MR) is 112 cm³/mol. The molecule has 1 aromatic heterocycles. The van der Waals surface area contributed by atoms with Crippen molar-refractivity contribution >= 4 is 29.5 Å². The van der Waals surface area contributed by atoms with Gasteiger partial charge in [-0.3, -0.25) is 24.6 Å². The molecule has 1 saturated heterocycles. The number of carbonyl (C=O) groups excluding carboxylic acids is 3. The van der Waals surface area contributed by atoms with Crippen LogP contribution in [0.5, 0.6) is 0 Å². The number of carbonyl (C=O) groups is 4. The van der Waals surface area contributed by atoms with E-state index in [9.17, 15) is 24.3 Å². The number of piperazine rings is 1. The molecule has 3 amide bonds. The molecule has 1 aliphatic rings. The molecule has 1 aromatic carbocycles. The number of furan rings is 1. The number of nitrogens with one attached hydrogen (secondary N) is 2. The summed E-state index contributed by atoms with van der Waals surface area (Å²) in [5.41, 5.74) is 6.77. The highest BCUT2D eigenvalue weighted by atomic mass is 16.4. The summed E-state index contributed by atoms with van der Waals surface area (Å²) in [6.45, 7) is 0.632. The summed E-state index contributed by atoms with van der Waals surface area (Å²) in [6.07, 6.45) is 2.39. The van der Waals surface area contributed by atoms with Gasteiger partial charge in [0, 0.05) is 42.9 Å². The average Bonchev–Trinajstić information content (AvgIpc) is 3.30. The van der Waals surface area contributed by atoms with E-state index in [4.69, 9.17) is 15.6 Å². The Bertz CT molecular complexity index is 1020. The van der Waals surface area contributed by atoms with Crippen molar-refractivity contribution in [3.63, 3.8) is 0 Å². The number of nitrogens with two attached hydrogens (primary N) is 1. The summed E-state index contributed by atoms with van der Waals surface area (Å²) in [6, 6.07) is 6.97. The number of aliphatic carboxylic acids is 1. The molecule has 0 aliphatic carbocycles. The van der Waals surface area contributed by atoms with Gasteiger partial charge in [-0.25, -0.2) is 0 Å². The summed E-state index contributed by atoms with van der Waals surface area (Å²) >= 11 is 0. The second kappa shape index (κ2) is 9.77. The van der Waals surface area contributed by atoms with E-state index in [1.54, 1.807) is 18.2 Å². The highest BCUT2D eigenvalue weighted by molar-refractivity contribution is 6.35. The van der Waals surface area contributed by atoms with Crippen LogP contribution in [0, 0.1) is 5.41 Å². The van der Waals surface area contributed by atoms with Gasteiger partial charge < -0.3 is 30.4 Å². The lowest BCUT2D eigenvalue weighted by molar-refractivity contribution is -0.159. The lowest BCUT2D eigenvalue weighted by Gasteiger charge is -2.37. The van der Waals surface area contributed by atoms with E-state index in [0.717, 1.165) is 0 Å². The first kappa shape index (κ1) is 22.5. The number of amidine groups is 1. The number of carboxylic acids is 1. The van der Waals surface area contributed by atoms with Crippen LogP contribution in [0.15, 0.2) is 47.3 Å². The van der Waals surface area contributed by atoms with Crippen molar-refractivity contribution in [1.82, 2.24) is 15.1 Å². The quantitative estimate of drug-likeness (QED) is 0.244. The molecule has 0 saturated carbocycles. The Hall–Kier alpha value is -4.15. The molecular weight excluding hydrogens is 418 g/mol. The molecule has 2 aromatic rings. The van der Waals surface area contributed by atoms with Gasteiger partial charge in [-0.05, 0) is 18.2 Å². The normalized spacial score (nSPS) is 14.9. The first-order chi connectivity index (χ1) is 15.3. The van der Waals surface area contributed by atoms with Gasteiger partial charge in [-0.2, -0.15) is 0 Å². The molecule has 2 heterocycles. The maximum atomic E-state index is 12.7. The Morgan fingerprint density at radius 1 is 1.12 bits per heavy atom. The number of nitrogen functional groups attached to an aromatic ring is 1. The van der Waals surface area contributed by atoms with Crippen LogP contribution in [-0.2, 0) is 14.4 Å². The minimum absolute atomic E-state index is 0.0994. The van der Waals surface area contributed by atoms with E-state index < -0.39 is 23.8 Å². The highest BCUT2D eigenvalue weighted by Crippen LogP contribution is 2.27. The van der Waals surface area contributed by atoms with Gasteiger partial charge in [0.25, 0.3) is 5.91 Å². The maximum Gasteiger partial charge on any atom is 0.312 e. The molecule has 1 atom stereocenters. The van der Waals surface area contributed by atoms with Crippen LogP contribution in [0.1, 0.15) is 33.9 Å². The van der Waals surface area contributed by atoms with Crippen LogP contribution >= 0.6 is 0 Å². The lowest BCUT2D eigenvalue weighted by Crippen LogP contribution is -2.56. The van der Waals surface area contributed by atoms with Crippen LogP contribution in [0.25, 0.3) is 0 Å². The Balaban J connectivity index is 1.56. The first-order valence-corrected chi connectivity index (χ1v) is 9.84. The second-order valence-corrected chi connectivity index (χ2v) is 7.21. The Labute approximate surface area is 183 Å². The van der Waals surface area contributed by atoms with Crippen LogP contribution in [0.4, 0.5) is 0 Å². The van der Waals surface area contributed by atoms with Crippen LogP contribution in [0.3, 0.4) is 0 Å². The molecule has 5 N–H and O–H groups in total. The molecular formula is C21H23N5O6. The molecule has 3 rings (SSSR count). The Kier molecular flexibility index (Phi) is 6.88. The van der Waals surface area contributed by atoms with Gasteiger partial charge in [-0.15, -0.1) is 0 Å². The summed E-state index contributed by atoms with van der Waals surface area (Å²) in [7, 11) is 0. The lowest BCUT2D eigenvalue weighted by atomic mass is 10.0. The fourth-order valence-electron chi connectivity index (χ4n) is 3.45. The first-order valence-electron chi connectivity index (χ1n) is 9.84. The highest BCUT2D eigenvalue weighted by Gasteiger charge is 2.37. The zero-order valence-electron chi connectivity index (χ0n) is 17.1. The van der Waals surface area contributed by atoms with Crippen LogP contribution in [-0.4, -0.2) is 70.6 Å². The monoisotopic (exact) mass is 441 g/mol. The number of rotatable bonds is 9. The van der Waals surface area contributed by atoms with E-state index in [2.05, 4.69) is 5.32 Å². The molecule has 1 aliphatic heterocycles. The molecule has 11 heteroatoms. The molecule has 1 unspecified atom stereocenters. The van der Waals surface area contributed by atoms with Crippen LogP contribution in [0.2, 0.25) is 0 Å². The largest absolute Gasteiger partial charge is 0.481 e. The summed E-state index contributed by atoms with van der Waals surface area (Å²) < 4.78 is 5.00. The number of hydrogen-bond acceptors (Lipinski definition) is 6. The maximum absolute atomic E-state index is 12.7. The summed E-state index contributed by atoms with van der Waals surface area (Å²) in [4.78, 5) is 51.3. The number of amides is 3. The van der Waals surface area contributed by atoms with Crippen molar-refractivity contribution in [2.24, 2.45) is 5.73 Å². The topological polar surface area (TPSA) is 170 Å².